The van der Waals surface area contributed by atoms with Crippen LogP contribution < -0.4 is 0 Å². The summed E-state index contributed by atoms with van der Waals surface area (Å²) >= 11 is 0. The summed E-state index contributed by atoms with van der Waals surface area (Å²) < 4.78 is 0. The Bertz CT molecular complexity index is 705. The van der Waals surface area contributed by atoms with Crippen LogP contribution in [-0.4, -0.2) is 28.9 Å². The fourth-order valence-corrected chi connectivity index (χ4v) is 2.51. The number of hydrogen-bond acceptors (Lipinski definition) is 2. The normalized spacial score (nSPS) is 15.1. The molecular formula is C15H13N3O. The van der Waals surface area contributed by atoms with Gasteiger partial charge in [-0.1, -0.05) is 24.3 Å². The summed E-state index contributed by atoms with van der Waals surface area (Å²) in [4.78, 5) is 16.1. The van der Waals surface area contributed by atoms with Crippen LogP contribution >= 0.6 is 0 Å². The Hall–Kier alpha value is -2.54. The molecule has 1 aromatic carbocycles. The van der Waals surface area contributed by atoms with Gasteiger partial charge in [-0.25, -0.2) is 0 Å². The molecule has 0 unspecified atom stereocenters. The first-order valence-electron chi connectivity index (χ1n) is 6.24. The van der Waals surface area contributed by atoms with Gasteiger partial charge in [-0.2, -0.15) is 5.26 Å². The molecule has 19 heavy (non-hydrogen) atoms. The van der Waals surface area contributed by atoms with Crippen LogP contribution in [0.25, 0.3) is 16.5 Å². The Morgan fingerprint density at radius 1 is 1.37 bits per heavy atom. The summed E-state index contributed by atoms with van der Waals surface area (Å²) in [6, 6.07) is 9.83. The summed E-state index contributed by atoms with van der Waals surface area (Å²) in [5, 5.41) is 9.81. The van der Waals surface area contributed by atoms with E-state index in [2.05, 4.69) is 11.1 Å². The molecule has 0 bridgehead atoms. The molecule has 1 amide bonds. The van der Waals surface area contributed by atoms with E-state index >= 15 is 0 Å². The minimum atomic E-state index is -0.450. The quantitative estimate of drug-likeness (QED) is 0.790. The first-order valence-corrected chi connectivity index (χ1v) is 6.24. The molecule has 1 aliphatic heterocycles. The first-order chi connectivity index (χ1) is 9.29. The van der Waals surface area contributed by atoms with Crippen molar-refractivity contribution in [3.8, 4) is 6.07 Å². The van der Waals surface area contributed by atoms with Crippen molar-refractivity contribution in [3.05, 3.63) is 42.1 Å². The molecule has 0 saturated carbocycles. The van der Waals surface area contributed by atoms with Crippen LogP contribution in [-0.2, 0) is 4.79 Å². The molecule has 0 aliphatic carbocycles. The van der Waals surface area contributed by atoms with Gasteiger partial charge in [0, 0.05) is 35.8 Å². The standard InChI is InChI=1S/C15H13N3O/c16-9-15(19)18-7-5-11(6-8-18)13-10-17-14-4-2-1-3-12(13)14/h1-5,10,17H,6-8H2. The summed E-state index contributed by atoms with van der Waals surface area (Å²) in [7, 11) is 0. The Morgan fingerprint density at radius 3 is 2.95 bits per heavy atom. The highest BCUT2D eigenvalue weighted by Crippen LogP contribution is 2.28. The van der Waals surface area contributed by atoms with E-state index in [-0.39, 0.29) is 0 Å². The van der Waals surface area contributed by atoms with Gasteiger partial charge in [-0.15, -0.1) is 0 Å². The molecule has 0 fully saturated rings. The van der Waals surface area contributed by atoms with E-state index in [4.69, 9.17) is 5.26 Å². The van der Waals surface area contributed by atoms with E-state index in [1.165, 1.54) is 16.5 Å². The van der Waals surface area contributed by atoms with Gasteiger partial charge in [0.05, 0.1) is 0 Å². The Morgan fingerprint density at radius 2 is 2.21 bits per heavy atom. The molecule has 2 aromatic rings. The highest BCUT2D eigenvalue weighted by atomic mass is 16.2. The molecule has 4 heteroatoms. The fourth-order valence-electron chi connectivity index (χ4n) is 2.51. The topological polar surface area (TPSA) is 59.9 Å². The number of benzene rings is 1. The summed E-state index contributed by atoms with van der Waals surface area (Å²) in [6.45, 7) is 1.12. The van der Waals surface area contributed by atoms with E-state index in [0.717, 1.165) is 11.9 Å². The van der Waals surface area contributed by atoms with E-state index in [1.54, 1.807) is 11.0 Å². The van der Waals surface area contributed by atoms with Crippen molar-refractivity contribution in [1.82, 2.24) is 9.88 Å². The number of hydrogen-bond donors (Lipinski definition) is 1. The zero-order valence-electron chi connectivity index (χ0n) is 10.4. The van der Waals surface area contributed by atoms with Crippen LogP contribution in [0.5, 0.6) is 0 Å². The van der Waals surface area contributed by atoms with E-state index in [0.29, 0.717) is 13.1 Å². The molecule has 1 N–H and O–H groups in total. The van der Waals surface area contributed by atoms with Crippen molar-refractivity contribution in [3.63, 3.8) is 0 Å². The van der Waals surface area contributed by atoms with Gasteiger partial charge in [0.2, 0.25) is 0 Å². The predicted octanol–water partition coefficient (Wildman–Crippen LogP) is 2.31. The van der Waals surface area contributed by atoms with Crippen LogP contribution in [0.3, 0.4) is 0 Å². The molecule has 1 aromatic heterocycles. The first kappa shape index (κ1) is 11.5. The second-order valence-corrected chi connectivity index (χ2v) is 4.59. The van der Waals surface area contributed by atoms with Crippen molar-refractivity contribution in [2.75, 3.05) is 13.1 Å². The molecule has 0 atom stereocenters. The minimum Gasteiger partial charge on any atom is -0.361 e. The van der Waals surface area contributed by atoms with Gasteiger partial charge < -0.3 is 9.88 Å². The van der Waals surface area contributed by atoms with E-state index < -0.39 is 5.91 Å². The lowest BCUT2D eigenvalue weighted by Gasteiger charge is -2.23. The van der Waals surface area contributed by atoms with Crippen LogP contribution in [0.15, 0.2) is 36.5 Å². The van der Waals surface area contributed by atoms with Crippen molar-refractivity contribution in [2.24, 2.45) is 0 Å². The molecule has 94 valence electrons. The number of carbonyl (C=O) groups excluding carboxylic acids is 1. The number of aromatic amines is 1. The van der Waals surface area contributed by atoms with Crippen LogP contribution in [0, 0.1) is 11.3 Å². The smallest absolute Gasteiger partial charge is 0.325 e. The third-order valence-electron chi connectivity index (χ3n) is 3.53. The SMILES string of the molecule is N#CC(=O)N1CC=C(c2c[nH]c3ccccc23)CC1. The van der Waals surface area contributed by atoms with Gasteiger partial charge in [0.25, 0.3) is 0 Å². The molecule has 0 radical (unpaired) electrons. The molecular weight excluding hydrogens is 238 g/mol. The Labute approximate surface area is 110 Å². The third kappa shape index (κ3) is 2.00. The molecule has 1 aliphatic rings. The largest absolute Gasteiger partial charge is 0.361 e. The maximum Gasteiger partial charge on any atom is 0.325 e. The Balaban J connectivity index is 1.91. The Kier molecular flexibility index (Phi) is 2.81. The van der Waals surface area contributed by atoms with Crippen LogP contribution in [0.2, 0.25) is 0 Å². The van der Waals surface area contributed by atoms with Gasteiger partial charge in [-0.05, 0) is 18.1 Å². The summed E-state index contributed by atoms with van der Waals surface area (Å²) in [5.41, 5.74) is 3.55. The average molecular weight is 251 g/mol. The van der Waals surface area contributed by atoms with Gasteiger partial charge in [0.1, 0.15) is 0 Å². The average Bonchev–Trinajstić information content (AvgIpc) is 2.90. The number of rotatable bonds is 1. The second kappa shape index (κ2) is 4.62. The monoisotopic (exact) mass is 251 g/mol. The predicted molar refractivity (Wildman–Crippen MR) is 73.1 cm³/mol. The lowest BCUT2D eigenvalue weighted by atomic mass is 9.99. The molecule has 4 nitrogen and oxygen atoms in total. The molecule has 2 heterocycles. The van der Waals surface area contributed by atoms with Crippen molar-refractivity contribution in [1.29, 1.82) is 5.26 Å². The van der Waals surface area contributed by atoms with Gasteiger partial charge in [0.15, 0.2) is 6.07 Å². The number of nitriles is 1. The number of nitrogens with one attached hydrogen (secondary N) is 1. The number of H-pyrrole nitrogens is 1. The zero-order valence-corrected chi connectivity index (χ0v) is 10.4. The summed E-state index contributed by atoms with van der Waals surface area (Å²) in [5.74, 6) is -0.450. The van der Waals surface area contributed by atoms with Crippen molar-refractivity contribution >= 4 is 22.4 Å². The van der Waals surface area contributed by atoms with Crippen LogP contribution in [0.1, 0.15) is 12.0 Å². The highest BCUT2D eigenvalue weighted by Gasteiger charge is 2.18. The molecule has 3 rings (SSSR count). The number of para-hydroxylation sites is 1. The van der Waals surface area contributed by atoms with Crippen molar-refractivity contribution < 1.29 is 4.79 Å². The number of carbonyl (C=O) groups is 1. The van der Waals surface area contributed by atoms with Crippen molar-refractivity contribution in [2.45, 2.75) is 6.42 Å². The maximum absolute atomic E-state index is 11.3. The summed E-state index contributed by atoms with van der Waals surface area (Å²) in [6.07, 6.45) is 4.84. The lowest BCUT2D eigenvalue weighted by Crippen LogP contribution is -2.33. The zero-order chi connectivity index (χ0) is 13.2. The van der Waals surface area contributed by atoms with Gasteiger partial charge >= 0.3 is 5.91 Å². The number of fused-ring (bicyclic) bond motifs is 1. The number of amides is 1. The number of nitrogens with zero attached hydrogens (tertiary/aromatic N) is 2. The highest BCUT2D eigenvalue weighted by molar-refractivity contribution is 5.94. The second-order valence-electron chi connectivity index (χ2n) is 4.59. The molecule has 0 spiro atoms. The van der Waals surface area contributed by atoms with E-state index in [9.17, 15) is 4.79 Å². The fraction of sp³-hybridized carbons (Fsp3) is 0.200. The minimum absolute atomic E-state index is 0.450. The lowest BCUT2D eigenvalue weighted by molar-refractivity contribution is -0.124. The van der Waals surface area contributed by atoms with Gasteiger partial charge in [-0.3, -0.25) is 4.79 Å². The molecule has 0 saturated heterocycles. The van der Waals surface area contributed by atoms with Crippen LogP contribution in [0.4, 0.5) is 0 Å². The van der Waals surface area contributed by atoms with E-state index in [1.807, 2.05) is 30.5 Å². The number of aromatic nitrogens is 1. The third-order valence-corrected chi connectivity index (χ3v) is 3.53. The maximum atomic E-state index is 11.3.